The van der Waals surface area contributed by atoms with Crippen molar-refractivity contribution in [3.05, 3.63) is 35.5 Å². The van der Waals surface area contributed by atoms with Crippen molar-refractivity contribution in [3.63, 3.8) is 0 Å². The Balaban J connectivity index is 1.87. The van der Waals surface area contributed by atoms with Crippen LogP contribution in [0.5, 0.6) is 0 Å². The monoisotopic (exact) mass is 289 g/mol. The predicted molar refractivity (Wildman–Crippen MR) is 84.2 cm³/mol. The number of rotatable bonds is 7. The molecule has 4 N–H and O–H groups in total. The van der Waals surface area contributed by atoms with Gasteiger partial charge in [0.1, 0.15) is 0 Å². The average Bonchev–Trinajstić information content (AvgIpc) is 2.90. The molecule has 114 valence electrons. The van der Waals surface area contributed by atoms with E-state index in [0.717, 1.165) is 30.3 Å². The van der Waals surface area contributed by atoms with Crippen molar-refractivity contribution in [1.82, 2.24) is 10.3 Å². The van der Waals surface area contributed by atoms with E-state index in [1.54, 1.807) is 0 Å². The third-order valence-corrected chi connectivity index (χ3v) is 3.46. The Morgan fingerprint density at radius 1 is 1.43 bits per heavy atom. The molecule has 0 unspecified atom stereocenters. The van der Waals surface area contributed by atoms with Gasteiger partial charge in [-0.1, -0.05) is 19.4 Å². The number of ether oxygens (including phenoxy) is 1. The Hall–Kier alpha value is -2.01. The van der Waals surface area contributed by atoms with E-state index in [9.17, 15) is 4.79 Å². The number of H-pyrrole nitrogens is 1. The largest absolute Gasteiger partial charge is 0.450 e. The first kappa shape index (κ1) is 15.4. The highest BCUT2D eigenvalue weighted by Crippen LogP contribution is 2.20. The lowest BCUT2D eigenvalue weighted by atomic mass is 10.1. The molecule has 0 atom stereocenters. The maximum atomic E-state index is 11.5. The molecule has 0 bridgehead atoms. The normalized spacial score (nSPS) is 10.8. The molecule has 0 aliphatic heterocycles. The summed E-state index contributed by atoms with van der Waals surface area (Å²) >= 11 is 0. The first-order valence-corrected chi connectivity index (χ1v) is 7.44. The third kappa shape index (κ3) is 4.23. The number of nitrogens with two attached hydrogens (primary N) is 1. The van der Waals surface area contributed by atoms with E-state index in [1.165, 1.54) is 10.9 Å². The highest BCUT2D eigenvalue weighted by Gasteiger charge is 2.06. The molecule has 1 heterocycles. The molecule has 0 fully saturated rings. The number of fused-ring (bicyclic) bond motifs is 1. The zero-order valence-electron chi connectivity index (χ0n) is 12.4. The molecule has 5 nitrogen and oxygen atoms in total. The Morgan fingerprint density at radius 3 is 3.05 bits per heavy atom. The van der Waals surface area contributed by atoms with Crippen LogP contribution in [0.15, 0.2) is 24.4 Å². The van der Waals surface area contributed by atoms with Crippen molar-refractivity contribution >= 4 is 17.0 Å². The van der Waals surface area contributed by atoms with Crippen LogP contribution in [-0.2, 0) is 17.7 Å². The van der Waals surface area contributed by atoms with Crippen LogP contribution in [0, 0.1) is 0 Å². The molecule has 0 saturated heterocycles. The minimum atomic E-state index is -0.342. The summed E-state index contributed by atoms with van der Waals surface area (Å²) < 4.78 is 5.05. The fourth-order valence-electron chi connectivity index (χ4n) is 2.22. The fraction of sp³-hybridized carbons (Fsp3) is 0.438. The SMILES string of the molecule is CCCCOC(=O)NCCc1c[nH]c2ccc(CN)cc12. The van der Waals surface area contributed by atoms with Crippen LogP contribution in [0.3, 0.4) is 0 Å². The summed E-state index contributed by atoms with van der Waals surface area (Å²) in [6, 6.07) is 6.15. The van der Waals surface area contributed by atoms with E-state index in [-0.39, 0.29) is 6.09 Å². The Kier molecular flexibility index (Phi) is 5.63. The van der Waals surface area contributed by atoms with Gasteiger partial charge < -0.3 is 20.8 Å². The van der Waals surface area contributed by atoms with Crippen molar-refractivity contribution in [2.75, 3.05) is 13.2 Å². The molecule has 5 heteroatoms. The second-order valence-corrected chi connectivity index (χ2v) is 5.06. The van der Waals surface area contributed by atoms with Gasteiger partial charge >= 0.3 is 6.09 Å². The highest BCUT2D eigenvalue weighted by atomic mass is 16.5. The molecule has 2 rings (SSSR count). The summed E-state index contributed by atoms with van der Waals surface area (Å²) in [6.07, 6.45) is 4.32. The Labute approximate surface area is 124 Å². The van der Waals surface area contributed by atoms with Gasteiger partial charge in [-0.05, 0) is 36.1 Å². The van der Waals surface area contributed by atoms with Crippen molar-refractivity contribution in [3.8, 4) is 0 Å². The number of unbranched alkanes of at least 4 members (excludes halogenated alkanes) is 1. The zero-order chi connectivity index (χ0) is 15.1. The first-order valence-electron chi connectivity index (χ1n) is 7.44. The number of benzene rings is 1. The lowest BCUT2D eigenvalue weighted by Crippen LogP contribution is -2.26. The quantitative estimate of drug-likeness (QED) is 0.686. The first-order chi connectivity index (χ1) is 10.2. The topological polar surface area (TPSA) is 80.1 Å². The number of carbonyl (C=O) groups is 1. The summed E-state index contributed by atoms with van der Waals surface area (Å²) in [4.78, 5) is 14.7. The van der Waals surface area contributed by atoms with Gasteiger partial charge in [0.2, 0.25) is 0 Å². The van der Waals surface area contributed by atoms with Gasteiger partial charge in [0.05, 0.1) is 6.61 Å². The predicted octanol–water partition coefficient (Wildman–Crippen LogP) is 2.70. The number of aromatic amines is 1. The van der Waals surface area contributed by atoms with Gasteiger partial charge in [0.15, 0.2) is 0 Å². The second-order valence-electron chi connectivity index (χ2n) is 5.06. The van der Waals surface area contributed by atoms with Gasteiger partial charge in [0.25, 0.3) is 0 Å². The van der Waals surface area contributed by atoms with Crippen molar-refractivity contribution < 1.29 is 9.53 Å². The molecule has 1 amide bonds. The molecule has 0 radical (unpaired) electrons. The number of alkyl carbamates (subject to hydrolysis) is 1. The van der Waals surface area contributed by atoms with Gasteiger partial charge in [-0.2, -0.15) is 0 Å². The molecule has 0 aliphatic carbocycles. The number of amides is 1. The van der Waals surface area contributed by atoms with Gasteiger partial charge in [0, 0.05) is 30.2 Å². The van der Waals surface area contributed by atoms with Gasteiger partial charge in [-0.25, -0.2) is 4.79 Å². The highest BCUT2D eigenvalue weighted by molar-refractivity contribution is 5.84. The lowest BCUT2D eigenvalue weighted by molar-refractivity contribution is 0.144. The number of hydrogen-bond donors (Lipinski definition) is 3. The summed E-state index contributed by atoms with van der Waals surface area (Å²) in [5, 5.41) is 3.94. The molecular formula is C16H23N3O2. The van der Waals surface area contributed by atoms with Crippen LogP contribution in [-0.4, -0.2) is 24.2 Å². The molecule has 0 spiro atoms. The van der Waals surface area contributed by atoms with Crippen molar-refractivity contribution in [2.24, 2.45) is 5.73 Å². The molecule has 0 saturated carbocycles. The van der Waals surface area contributed by atoms with Crippen LogP contribution in [0.4, 0.5) is 4.79 Å². The summed E-state index contributed by atoms with van der Waals surface area (Å²) in [7, 11) is 0. The van der Waals surface area contributed by atoms with E-state index < -0.39 is 0 Å². The van der Waals surface area contributed by atoms with E-state index in [1.807, 2.05) is 18.3 Å². The van der Waals surface area contributed by atoms with Crippen LogP contribution in [0.2, 0.25) is 0 Å². The third-order valence-electron chi connectivity index (χ3n) is 3.46. The molecule has 21 heavy (non-hydrogen) atoms. The molecular weight excluding hydrogens is 266 g/mol. The van der Waals surface area contributed by atoms with Crippen LogP contribution in [0.1, 0.15) is 30.9 Å². The molecule has 0 aliphatic rings. The summed E-state index contributed by atoms with van der Waals surface area (Å²) in [5.41, 5.74) is 9.05. The summed E-state index contributed by atoms with van der Waals surface area (Å²) in [6.45, 7) is 3.64. The maximum absolute atomic E-state index is 11.5. The fourth-order valence-corrected chi connectivity index (χ4v) is 2.22. The summed E-state index contributed by atoms with van der Waals surface area (Å²) in [5.74, 6) is 0. The molecule has 1 aromatic heterocycles. The Morgan fingerprint density at radius 2 is 2.29 bits per heavy atom. The molecule has 2 aromatic rings. The van der Waals surface area contributed by atoms with Gasteiger partial charge in [-0.15, -0.1) is 0 Å². The maximum Gasteiger partial charge on any atom is 0.407 e. The van der Waals surface area contributed by atoms with Crippen LogP contribution in [0.25, 0.3) is 10.9 Å². The van der Waals surface area contributed by atoms with Crippen molar-refractivity contribution in [1.29, 1.82) is 0 Å². The van der Waals surface area contributed by atoms with E-state index in [4.69, 9.17) is 10.5 Å². The number of aromatic nitrogens is 1. The minimum Gasteiger partial charge on any atom is -0.450 e. The Bertz CT molecular complexity index is 592. The smallest absolute Gasteiger partial charge is 0.407 e. The second kappa shape index (κ2) is 7.69. The standard InChI is InChI=1S/C16H23N3O2/c1-2-3-8-21-16(20)18-7-6-13-11-19-15-5-4-12(10-17)9-14(13)15/h4-5,9,11,19H,2-3,6-8,10,17H2,1H3,(H,18,20). The zero-order valence-corrected chi connectivity index (χ0v) is 12.4. The van der Waals surface area contributed by atoms with Crippen LogP contribution < -0.4 is 11.1 Å². The van der Waals surface area contributed by atoms with Gasteiger partial charge in [-0.3, -0.25) is 0 Å². The average molecular weight is 289 g/mol. The van der Waals surface area contributed by atoms with Crippen LogP contribution >= 0.6 is 0 Å². The van der Waals surface area contributed by atoms with E-state index in [0.29, 0.717) is 19.7 Å². The van der Waals surface area contributed by atoms with Crippen molar-refractivity contribution in [2.45, 2.75) is 32.7 Å². The number of nitrogens with one attached hydrogen (secondary N) is 2. The molecule has 1 aromatic carbocycles. The van der Waals surface area contributed by atoms with E-state index >= 15 is 0 Å². The number of carbonyl (C=O) groups excluding carboxylic acids is 1. The lowest BCUT2D eigenvalue weighted by Gasteiger charge is -2.06. The van der Waals surface area contributed by atoms with E-state index in [2.05, 4.69) is 23.3 Å². The number of hydrogen-bond acceptors (Lipinski definition) is 3. The minimum absolute atomic E-state index is 0.342.